The van der Waals surface area contributed by atoms with E-state index in [1.54, 1.807) is 6.20 Å². The molecular formula is C22H26N4O. The van der Waals surface area contributed by atoms with Crippen molar-refractivity contribution in [3.05, 3.63) is 66.1 Å². The molecule has 1 unspecified atom stereocenters. The van der Waals surface area contributed by atoms with Gasteiger partial charge in [-0.05, 0) is 49.2 Å². The van der Waals surface area contributed by atoms with E-state index in [2.05, 4.69) is 38.4 Å². The number of rotatable bonds is 7. The van der Waals surface area contributed by atoms with Crippen LogP contribution in [0.5, 0.6) is 0 Å². The fourth-order valence-electron chi connectivity index (χ4n) is 3.99. The Bertz CT molecular complexity index is 883. The Morgan fingerprint density at radius 3 is 2.85 bits per heavy atom. The number of H-pyrrole nitrogens is 1. The average Bonchev–Trinajstić information content (AvgIpc) is 3.37. The molecule has 1 amide bonds. The highest BCUT2D eigenvalue weighted by Crippen LogP contribution is 2.32. The zero-order valence-electron chi connectivity index (χ0n) is 15.5. The standard InChI is InChI=1S/C22H26N4O/c27-22(24-10-13-26-11-3-4-12-26)14-19(17-6-5-9-23-15-17)20-16-25-21-8-2-1-7-18(20)21/h1-2,5-9,15-16,19,25H,3-4,10-14H2,(H,24,27). The number of benzene rings is 1. The number of aromatic amines is 1. The molecule has 2 N–H and O–H groups in total. The molecule has 0 radical (unpaired) electrons. The van der Waals surface area contributed by atoms with Crippen LogP contribution in [-0.2, 0) is 4.79 Å². The van der Waals surface area contributed by atoms with E-state index in [1.165, 1.54) is 12.8 Å². The van der Waals surface area contributed by atoms with Gasteiger partial charge < -0.3 is 15.2 Å². The van der Waals surface area contributed by atoms with Crippen LogP contribution in [-0.4, -0.2) is 47.0 Å². The lowest BCUT2D eigenvalue weighted by molar-refractivity contribution is -0.121. The minimum Gasteiger partial charge on any atom is -0.361 e. The Kier molecular flexibility index (Phi) is 5.49. The van der Waals surface area contributed by atoms with Gasteiger partial charge in [0.2, 0.25) is 5.91 Å². The van der Waals surface area contributed by atoms with Crippen LogP contribution < -0.4 is 5.32 Å². The smallest absolute Gasteiger partial charge is 0.220 e. The lowest BCUT2D eigenvalue weighted by Crippen LogP contribution is -2.34. The number of pyridine rings is 1. The number of fused-ring (bicyclic) bond motifs is 1. The lowest BCUT2D eigenvalue weighted by atomic mass is 9.89. The van der Waals surface area contributed by atoms with Crippen LogP contribution in [0, 0.1) is 0 Å². The van der Waals surface area contributed by atoms with Gasteiger partial charge in [-0.1, -0.05) is 24.3 Å². The molecule has 3 heterocycles. The predicted molar refractivity (Wildman–Crippen MR) is 108 cm³/mol. The molecule has 0 aliphatic carbocycles. The molecule has 1 aliphatic heterocycles. The Hall–Kier alpha value is -2.66. The molecule has 4 rings (SSSR count). The number of likely N-dealkylation sites (tertiary alicyclic amines) is 1. The summed E-state index contributed by atoms with van der Waals surface area (Å²) in [7, 11) is 0. The fraction of sp³-hybridized carbons (Fsp3) is 0.364. The topological polar surface area (TPSA) is 61.0 Å². The van der Waals surface area contributed by atoms with Gasteiger partial charge in [0.15, 0.2) is 0 Å². The molecule has 0 bridgehead atoms. The van der Waals surface area contributed by atoms with E-state index < -0.39 is 0 Å². The molecule has 1 saturated heterocycles. The number of aromatic nitrogens is 2. The molecule has 2 aromatic heterocycles. The third-order valence-electron chi connectivity index (χ3n) is 5.42. The zero-order chi connectivity index (χ0) is 18.5. The van der Waals surface area contributed by atoms with Crippen molar-refractivity contribution in [3.63, 3.8) is 0 Å². The van der Waals surface area contributed by atoms with Gasteiger partial charge in [0.25, 0.3) is 0 Å². The highest BCUT2D eigenvalue weighted by molar-refractivity contribution is 5.86. The first-order chi connectivity index (χ1) is 13.3. The summed E-state index contributed by atoms with van der Waals surface area (Å²) in [5.74, 6) is 0.0787. The number of carbonyl (C=O) groups is 1. The van der Waals surface area contributed by atoms with Crippen molar-refractivity contribution in [1.82, 2.24) is 20.2 Å². The normalized spacial score (nSPS) is 15.9. The second kappa shape index (κ2) is 8.35. The Balaban J connectivity index is 1.49. The summed E-state index contributed by atoms with van der Waals surface area (Å²) in [6, 6.07) is 12.2. The monoisotopic (exact) mass is 362 g/mol. The van der Waals surface area contributed by atoms with Crippen molar-refractivity contribution < 1.29 is 4.79 Å². The van der Waals surface area contributed by atoms with Crippen molar-refractivity contribution in [2.75, 3.05) is 26.2 Å². The molecule has 3 aromatic rings. The van der Waals surface area contributed by atoms with E-state index in [0.717, 1.165) is 41.7 Å². The van der Waals surface area contributed by atoms with Crippen molar-refractivity contribution in [3.8, 4) is 0 Å². The largest absolute Gasteiger partial charge is 0.361 e. The van der Waals surface area contributed by atoms with Gasteiger partial charge in [0, 0.05) is 54.9 Å². The first-order valence-corrected chi connectivity index (χ1v) is 9.76. The summed E-state index contributed by atoms with van der Waals surface area (Å²) in [6.07, 6.45) is 8.64. The number of hydrogen-bond acceptors (Lipinski definition) is 3. The van der Waals surface area contributed by atoms with E-state index in [4.69, 9.17) is 0 Å². The van der Waals surface area contributed by atoms with Gasteiger partial charge in [-0.2, -0.15) is 0 Å². The predicted octanol–water partition coefficient (Wildman–Crippen LogP) is 3.30. The highest BCUT2D eigenvalue weighted by Gasteiger charge is 2.21. The molecule has 5 nitrogen and oxygen atoms in total. The molecule has 1 aromatic carbocycles. The van der Waals surface area contributed by atoms with Crippen LogP contribution in [0.25, 0.3) is 10.9 Å². The Labute approximate surface area is 159 Å². The molecule has 140 valence electrons. The maximum absolute atomic E-state index is 12.7. The number of para-hydroxylation sites is 1. The van der Waals surface area contributed by atoms with Gasteiger partial charge in [0.05, 0.1) is 0 Å². The van der Waals surface area contributed by atoms with Crippen molar-refractivity contribution in [2.24, 2.45) is 0 Å². The highest BCUT2D eigenvalue weighted by atomic mass is 16.1. The van der Waals surface area contributed by atoms with Gasteiger partial charge >= 0.3 is 0 Å². The molecule has 0 spiro atoms. The van der Waals surface area contributed by atoms with Gasteiger partial charge in [-0.25, -0.2) is 0 Å². The summed E-state index contributed by atoms with van der Waals surface area (Å²) < 4.78 is 0. The number of amides is 1. The van der Waals surface area contributed by atoms with Crippen molar-refractivity contribution in [1.29, 1.82) is 0 Å². The number of carbonyl (C=O) groups excluding carboxylic acids is 1. The molecule has 1 aliphatic rings. The summed E-state index contributed by atoms with van der Waals surface area (Å²) in [4.78, 5) is 22.7. The van der Waals surface area contributed by atoms with E-state index in [-0.39, 0.29) is 11.8 Å². The second-order valence-electron chi connectivity index (χ2n) is 7.23. The van der Waals surface area contributed by atoms with Crippen LogP contribution in [0.15, 0.2) is 55.0 Å². The molecule has 0 saturated carbocycles. The number of hydrogen-bond donors (Lipinski definition) is 2. The lowest BCUT2D eigenvalue weighted by Gasteiger charge is -2.18. The molecule has 27 heavy (non-hydrogen) atoms. The first-order valence-electron chi connectivity index (χ1n) is 9.76. The average molecular weight is 362 g/mol. The minimum atomic E-state index is -0.0124. The maximum atomic E-state index is 12.7. The van der Waals surface area contributed by atoms with Gasteiger partial charge in [-0.15, -0.1) is 0 Å². The SMILES string of the molecule is O=C(CC(c1cccnc1)c1c[nH]c2ccccc12)NCCN1CCCC1. The molecule has 1 fully saturated rings. The fourth-order valence-corrected chi connectivity index (χ4v) is 3.99. The van der Waals surface area contributed by atoms with E-state index >= 15 is 0 Å². The van der Waals surface area contributed by atoms with Crippen LogP contribution in [0.1, 0.15) is 36.3 Å². The van der Waals surface area contributed by atoms with Crippen molar-refractivity contribution in [2.45, 2.75) is 25.2 Å². The second-order valence-corrected chi connectivity index (χ2v) is 7.23. The maximum Gasteiger partial charge on any atom is 0.220 e. The quantitative estimate of drug-likeness (QED) is 0.678. The Morgan fingerprint density at radius 1 is 1.19 bits per heavy atom. The number of nitrogens with one attached hydrogen (secondary N) is 2. The summed E-state index contributed by atoms with van der Waals surface area (Å²) in [5.41, 5.74) is 3.31. The Morgan fingerprint density at radius 2 is 2.04 bits per heavy atom. The van der Waals surface area contributed by atoms with Crippen LogP contribution in [0.4, 0.5) is 0 Å². The molecule has 5 heteroatoms. The van der Waals surface area contributed by atoms with E-state index in [9.17, 15) is 4.79 Å². The first kappa shape index (κ1) is 17.7. The zero-order valence-corrected chi connectivity index (χ0v) is 15.5. The molecule has 1 atom stereocenters. The van der Waals surface area contributed by atoms with Crippen LogP contribution in [0.3, 0.4) is 0 Å². The summed E-state index contributed by atoms with van der Waals surface area (Å²) in [5, 5.41) is 4.27. The summed E-state index contributed by atoms with van der Waals surface area (Å²) >= 11 is 0. The van der Waals surface area contributed by atoms with E-state index in [0.29, 0.717) is 13.0 Å². The van der Waals surface area contributed by atoms with Crippen LogP contribution in [0.2, 0.25) is 0 Å². The minimum absolute atomic E-state index is 0.0124. The van der Waals surface area contributed by atoms with E-state index in [1.807, 2.05) is 30.6 Å². The van der Waals surface area contributed by atoms with Gasteiger partial charge in [-0.3, -0.25) is 9.78 Å². The summed E-state index contributed by atoms with van der Waals surface area (Å²) in [6.45, 7) is 3.97. The molecular weight excluding hydrogens is 336 g/mol. The van der Waals surface area contributed by atoms with Crippen LogP contribution >= 0.6 is 0 Å². The van der Waals surface area contributed by atoms with Gasteiger partial charge in [0.1, 0.15) is 0 Å². The van der Waals surface area contributed by atoms with Crippen molar-refractivity contribution >= 4 is 16.8 Å². The third kappa shape index (κ3) is 4.19. The third-order valence-corrected chi connectivity index (χ3v) is 5.42. The number of nitrogens with zero attached hydrogens (tertiary/aromatic N) is 2.